The molecule has 0 unspecified atom stereocenters. The van der Waals surface area contributed by atoms with E-state index in [4.69, 9.17) is 17.3 Å². The topological polar surface area (TPSA) is 106 Å². The van der Waals surface area contributed by atoms with Crippen LogP contribution < -0.4 is 11.1 Å². The molecule has 3 N–H and O–H groups in total. The third kappa shape index (κ3) is 3.19. The lowest BCUT2D eigenvalue weighted by atomic mass is 10.1. The third-order valence-electron chi connectivity index (χ3n) is 4.34. The molecule has 2 aromatic carbocycles. The van der Waals surface area contributed by atoms with Crippen LogP contribution in [-0.4, -0.2) is 20.2 Å². The molecule has 0 bridgehead atoms. The number of nitrogens with one attached hydrogen (secondary N) is 1. The summed E-state index contributed by atoms with van der Waals surface area (Å²) >= 11 is 7.14. The molecule has 1 aromatic heterocycles. The molecule has 142 valence electrons. The molecule has 2 amide bonds. The molecular formula is C19H13ClN2O4S2. The van der Waals surface area contributed by atoms with E-state index in [1.807, 2.05) is 0 Å². The molecule has 0 atom stereocenters. The van der Waals surface area contributed by atoms with Crippen molar-refractivity contribution in [1.82, 2.24) is 0 Å². The summed E-state index contributed by atoms with van der Waals surface area (Å²) in [6, 6.07) is 12.7. The Balaban J connectivity index is 1.73. The zero-order chi connectivity index (χ0) is 20.1. The zero-order valence-corrected chi connectivity index (χ0v) is 16.6. The van der Waals surface area contributed by atoms with E-state index in [1.165, 1.54) is 23.5 Å². The van der Waals surface area contributed by atoms with Crippen LogP contribution in [0.5, 0.6) is 0 Å². The highest BCUT2D eigenvalue weighted by Gasteiger charge is 2.31. The number of fused-ring (bicyclic) bond motifs is 3. The highest BCUT2D eigenvalue weighted by atomic mass is 35.5. The average Bonchev–Trinajstić information content (AvgIpc) is 3.05. The minimum absolute atomic E-state index is 0.167. The van der Waals surface area contributed by atoms with E-state index >= 15 is 0 Å². The monoisotopic (exact) mass is 432 g/mol. The van der Waals surface area contributed by atoms with Gasteiger partial charge in [0.1, 0.15) is 0 Å². The fraction of sp³-hybridized carbons (Fsp3) is 0.0526. The highest BCUT2D eigenvalue weighted by molar-refractivity contribution is 7.91. The normalized spacial score (nSPS) is 14.0. The van der Waals surface area contributed by atoms with Gasteiger partial charge in [0.2, 0.25) is 0 Å². The Hall–Kier alpha value is -2.68. The van der Waals surface area contributed by atoms with Crippen LogP contribution in [0.4, 0.5) is 5.69 Å². The number of rotatable bonds is 3. The SMILES string of the molecule is NC(=O)c1ccccc1NC(=O)c1cc2c(s1)-c1ccc(Cl)cc1S(=O)(=O)C2. The second-order valence-corrected chi connectivity index (χ2v) is 9.68. The van der Waals surface area contributed by atoms with E-state index in [-0.39, 0.29) is 16.2 Å². The molecule has 0 fully saturated rings. The Morgan fingerprint density at radius 1 is 1.11 bits per heavy atom. The van der Waals surface area contributed by atoms with Gasteiger partial charge in [0.15, 0.2) is 9.84 Å². The maximum atomic E-state index is 12.7. The molecule has 3 aromatic rings. The number of carbonyl (C=O) groups excluding carboxylic acids is 2. The smallest absolute Gasteiger partial charge is 0.265 e. The number of halogens is 1. The van der Waals surface area contributed by atoms with E-state index in [2.05, 4.69) is 5.32 Å². The summed E-state index contributed by atoms with van der Waals surface area (Å²) in [7, 11) is -3.54. The van der Waals surface area contributed by atoms with Gasteiger partial charge in [-0.05, 0) is 35.9 Å². The van der Waals surface area contributed by atoms with Crippen molar-refractivity contribution in [3.8, 4) is 10.4 Å². The standard InChI is InChI=1S/C19H13ClN2O4S2/c20-11-5-6-13-16(8-11)28(25,26)9-10-7-15(27-17(10)13)19(24)22-14-4-2-1-3-12(14)18(21)23/h1-8H,9H2,(H2,21,23)(H,22,24). The van der Waals surface area contributed by atoms with Crippen molar-refractivity contribution in [3.05, 3.63) is 69.6 Å². The second-order valence-electron chi connectivity index (χ2n) is 6.23. The first-order valence-electron chi connectivity index (χ1n) is 8.12. The number of para-hydroxylation sites is 1. The first-order chi connectivity index (χ1) is 13.3. The third-order valence-corrected chi connectivity index (χ3v) is 7.49. The van der Waals surface area contributed by atoms with E-state index in [0.717, 1.165) is 4.88 Å². The number of amides is 2. The van der Waals surface area contributed by atoms with Crippen LogP contribution in [0.15, 0.2) is 53.4 Å². The summed E-state index contributed by atoms with van der Waals surface area (Å²) in [5.74, 6) is -1.29. The van der Waals surface area contributed by atoms with Gasteiger partial charge < -0.3 is 11.1 Å². The van der Waals surface area contributed by atoms with Gasteiger partial charge in [0.25, 0.3) is 11.8 Å². The highest BCUT2D eigenvalue weighted by Crippen LogP contribution is 2.43. The second kappa shape index (κ2) is 6.73. The quantitative estimate of drug-likeness (QED) is 0.657. The molecule has 4 rings (SSSR count). The van der Waals surface area contributed by atoms with Gasteiger partial charge in [-0.3, -0.25) is 9.59 Å². The lowest BCUT2D eigenvalue weighted by Gasteiger charge is -2.16. The van der Waals surface area contributed by atoms with Gasteiger partial charge in [-0.2, -0.15) is 0 Å². The number of nitrogens with two attached hydrogens (primary N) is 1. The van der Waals surface area contributed by atoms with Crippen molar-refractivity contribution in [2.75, 3.05) is 5.32 Å². The summed E-state index contributed by atoms with van der Waals surface area (Å²) < 4.78 is 25.1. The maximum Gasteiger partial charge on any atom is 0.265 e. The van der Waals surface area contributed by atoms with Gasteiger partial charge >= 0.3 is 0 Å². The first kappa shape index (κ1) is 18.7. The molecule has 6 nitrogen and oxygen atoms in total. The molecule has 2 heterocycles. The van der Waals surface area contributed by atoms with Crippen LogP contribution in [0.25, 0.3) is 10.4 Å². The Morgan fingerprint density at radius 3 is 2.61 bits per heavy atom. The van der Waals surface area contributed by atoms with Crippen molar-refractivity contribution < 1.29 is 18.0 Å². The van der Waals surface area contributed by atoms with Gasteiger partial charge in [0, 0.05) is 15.5 Å². The van der Waals surface area contributed by atoms with Crippen molar-refractivity contribution in [1.29, 1.82) is 0 Å². The number of hydrogen-bond donors (Lipinski definition) is 2. The largest absolute Gasteiger partial charge is 0.366 e. The Labute approximate surface area is 169 Å². The molecule has 0 saturated heterocycles. The molecule has 0 aliphatic carbocycles. The fourth-order valence-corrected chi connectivity index (χ4v) is 6.20. The van der Waals surface area contributed by atoms with Gasteiger partial charge in [0.05, 0.1) is 26.8 Å². The number of benzene rings is 2. The molecule has 1 aliphatic heterocycles. The zero-order valence-electron chi connectivity index (χ0n) is 14.2. The van der Waals surface area contributed by atoms with Crippen molar-refractivity contribution >= 4 is 50.3 Å². The summed E-state index contributed by atoms with van der Waals surface area (Å²) in [5.41, 5.74) is 6.93. The van der Waals surface area contributed by atoms with E-state index in [0.29, 0.717) is 26.7 Å². The fourth-order valence-electron chi connectivity index (χ4n) is 3.09. The summed E-state index contributed by atoms with van der Waals surface area (Å²) in [6.45, 7) is 0. The van der Waals surface area contributed by atoms with E-state index in [9.17, 15) is 18.0 Å². The van der Waals surface area contributed by atoms with Gasteiger partial charge in [-0.25, -0.2) is 8.42 Å². The minimum Gasteiger partial charge on any atom is -0.366 e. The molecule has 0 radical (unpaired) electrons. The molecule has 28 heavy (non-hydrogen) atoms. The van der Waals surface area contributed by atoms with Crippen molar-refractivity contribution in [3.63, 3.8) is 0 Å². The molecule has 0 saturated carbocycles. The van der Waals surface area contributed by atoms with Crippen LogP contribution in [0.2, 0.25) is 5.02 Å². The van der Waals surface area contributed by atoms with Gasteiger partial charge in [-0.15, -0.1) is 11.3 Å². The predicted octanol–water partition coefficient (Wildman–Crippen LogP) is 3.71. The van der Waals surface area contributed by atoms with Crippen LogP contribution in [0.1, 0.15) is 25.6 Å². The average molecular weight is 433 g/mol. The number of hydrogen-bond acceptors (Lipinski definition) is 5. The minimum atomic E-state index is -3.54. The first-order valence-corrected chi connectivity index (χ1v) is 11.0. The lowest BCUT2D eigenvalue weighted by Crippen LogP contribution is -2.17. The van der Waals surface area contributed by atoms with E-state index in [1.54, 1.807) is 36.4 Å². The number of primary amides is 1. The Morgan fingerprint density at radius 2 is 1.86 bits per heavy atom. The van der Waals surface area contributed by atoms with Crippen molar-refractivity contribution in [2.24, 2.45) is 5.73 Å². The lowest BCUT2D eigenvalue weighted by molar-refractivity contribution is 0.100. The van der Waals surface area contributed by atoms with Gasteiger partial charge in [-0.1, -0.05) is 29.8 Å². The Bertz CT molecular complexity index is 1250. The Kier molecular flexibility index (Phi) is 4.49. The van der Waals surface area contributed by atoms with Crippen molar-refractivity contribution in [2.45, 2.75) is 10.6 Å². The number of anilines is 1. The van der Waals surface area contributed by atoms with E-state index < -0.39 is 21.7 Å². The van der Waals surface area contributed by atoms with Crippen LogP contribution >= 0.6 is 22.9 Å². The maximum absolute atomic E-state index is 12.7. The summed E-state index contributed by atoms with van der Waals surface area (Å²) in [4.78, 5) is 25.5. The molecule has 9 heteroatoms. The summed E-state index contributed by atoms with van der Waals surface area (Å²) in [6.07, 6.45) is 0. The number of thiophene rings is 1. The number of carbonyl (C=O) groups is 2. The summed E-state index contributed by atoms with van der Waals surface area (Å²) in [5, 5.41) is 3.01. The molecular weight excluding hydrogens is 420 g/mol. The molecule has 0 spiro atoms. The van der Waals surface area contributed by atoms with Crippen LogP contribution in [0, 0.1) is 0 Å². The number of sulfone groups is 1. The predicted molar refractivity (Wildman–Crippen MR) is 109 cm³/mol. The van der Waals surface area contributed by atoms with Crippen LogP contribution in [-0.2, 0) is 15.6 Å². The van der Waals surface area contributed by atoms with Crippen LogP contribution in [0.3, 0.4) is 0 Å². The molecule has 1 aliphatic rings.